The molecule has 2 heterocycles. The second kappa shape index (κ2) is 11.2. The summed E-state index contributed by atoms with van der Waals surface area (Å²) in [6.45, 7) is 4.41. The number of hydrogen-bond donors (Lipinski definition) is 2. The average Bonchev–Trinajstić information content (AvgIpc) is 3.20. The number of carbonyl (C=O) groups excluding carboxylic acids is 1. The maximum atomic E-state index is 12.9. The number of nitrogens with zero attached hydrogens (tertiary/aromatic N) is 2. The largest absolute Gasteiger partial charge is 0.493 e. The van der Waals surface area contributed by atoms with Gasteiger partial charge in [0, 0.05) is 10.4 Å². The van der Waals surface area contributed by atoms with E-state index < -0.39 is 0 Å². The number of ether oxygens (including phenoxy) is 2. The fourth-order valence-electron chi connectivity index (χ4n) is 3.50. The summed E-state index contributed by atoms with van der Waals surface area (Å²) in [5.74, 6) is 0.957. The van der Waals surface area contributed by atoms with Crippen molar-refractivity contribution in [3.8, 4) is 22.6 Å². The van der Waals surface area contributed by atoms with Gasteiger partial charge in [0.1, 0.15) is 4.83 Å². The highest BCUT2D eigenvalue weighted by Crippen LogP contribution is 2.35. The Morgan fingerprint density at radius 2 is 2.03 bits per heavy atom. The highest BCUT2D eigenvalue weighted by molar-refractivity contribution is 7.99. The van der Waals surface area contributed by atoms with Crippen molar-refractivity contribution in [3.63, 3.8) is 0 Å². The summed E-state index contributed by atoms with van der Waals surface area (Å²) in [6.07, 6.45) is 1.52. The van der Waals surface area contributed by atoms with Crippen LogP contribution < -0.4 is 20.5 Å². The SMILES string of the molecule is CCOc1ccc(/C=N/NC(=O)CSc2nc3sc(C)c(-c4ccccc4)c3c(=O)[nH]2)cc1OC. The van der Waals surface area contributed by atoms with Gasteiger partial charge in [0.05, 0.1) is 31.1 Å². The molecule has 2 aromatic heterocycles. The van der Waals surface area contributed by atoms with Crippen LogP contribution in [0.5, 0.6) is 11.5 Å². The molecule has 2 N–H and O–H groups in total. The summed E-state index contributed by atoms with van der Waals surface area (Å²) >= 11 is 2.61. The smallest absolute Gasteiger partial charge is 0.260 e. The van der Waals surface area contributed by atoms with Crippen LogP contribution in [0, 0.1) is 6.92 Å². The molecule has 0 bridgehead atoms. The van der Waals surface area contributed by atoms with Gasteiger partial charge >= 0.3 is 0 Å². The molecule has 0 fully saturated rings. The molecule has 0 aliphatic carbocycles. The number of nitrogens with one attached hydrogen (secondary N) is 2. The maximum absolute atomic E-state index is 12.9. The molecule has 0 spiro atoms. The number of benzene rings is 2. The monoisotopic (exact) mass is 508 g/mol. The lowest BCUT2D eigenvalue weighted by Crippen LogP contribution is -2.20. The highest BCUT2D eigenvalue weighted by Gasteiger charge is 2.17. The van der Waals surface area contributed by atoms with Crippen LogP contribution in [-0.2, 0) is 4.79 Å². The van der Waals surface area contributed by atoms with Crippen LogP contribution >= 0.6 is 23.1 Å². The van der Waals surface area contributed by atoms with Gasteiger partial charge in [-0.25, -0.2) is 10.4 Å². The van der Waals surface area contributed by atoms with Crippen molar-refractivity contribution >= 4 is 45.4 Å². The predicted octanol–water partition coefficient (Wildman–Crippen LogP) is 4.61. The van der Waals surface area contributed by atoms with Crippen LogP contribution in [0.15, 0.2) is 63.6 Å². The number of aromatic nitrogens is 2. The van der Waals surface area contributed by atoms with Crippen molar-refractivity contribution in [1.29, 1.82) is 0 Å². The van der Waals surface area contributed by atoms with E-state index in [2.05, 4.69) is 20.5 Å². The van der Waals surface area contributed by atoms with Gasteiger partial charge < -0.3 is 14.5 Å². The molecule has 4 rings (SSSR count). The number of hydrogen-bond acceptors (Lipinski definition) is 8. The van der Waals surface area contributed by atoms with E-state index in [9.17, 15) is 9.59 Å². The van der Waals surface area contributed by atoms with E-state index in [0.29, 0.717) is 33.5 Å². The van der Waals surface area contributed by atoms with Crippen LogP contribution in [-0.4, -0.2) is 41.6 Å². The molecule has 180 valence electrons. The number of aryl methyl sites for hydroxylation is 1. The van der Waals surface area contributed by atoms with Crippen LogP contribution in [0.3, 0.4) is 0 Å². The highest BCUT2D eigenvalue weighted by atomic mass is 32.2. The topological polar surface area (TPSA) is 106 Å². The van der Waals surface area contributed by atoms with Crippen LogP contribution in [0.25, 0.3) is 21.3 Å². The standard InChI is InChI=1S/C25H24N4O4S2/c1-4-33-18-11-10-16(12-19(18)32-3)13-26-29-20(30)14-34-25-27-23(31)22-21(15(2)35-24(22)28-25)17-8-6-5-7-9-17/h5-13H,4,14H2,1-3H3,(H,29,30)(H,27,28,31)/b26-13+. The molecule has 0 atom stereocenters. The fourth-order valence-corrected chi connectivity index (χ4v) is 5.26. The molecule has 0 saturated heterocycles. The summed E-state index contributed by atoms with van der Waals surface area (Å²) in [6, 6.07) is 15.1. The zero-order valence-electron chi connectivity index (χ0n) is 19.5. The number of hydrazone groups is 1. The molecular formula is C25H24N4O4S2. The van der Waals surface area contributed by atoms with E-state index in [1.165, 1.54) is 17.6 Å². The minimum absolute atomic E-state index is 0.0499. The third kappa shape index (κ3) is 5.72. The number of fused-ring (bicyclic) bond motifs is 1. The number of rotatable bonds is 9. The van der Waals surface area contributed by atoms with Crippen molar-refractivity contribution in [3.05, 3.63) is 69.3 Å². The van der Waals surface area contributed by atoms with Gasteiger partial charge in [-0.05, 0) is 43.2 Å². The molecule has 0 aliphatic heterocycles. The van der Waals surface area contributed by atoms with Gasteiger partial charge in [-0.2, -0.15) is 5.10 Å². The van der Waals surface area contributed by atoms with Crippen molar-refractivity contribution in [2.45, 2.75) is 19.0 Å². The number of thiophene rings is 1. The van der Waals surface area contributed by atoms with E-state index in [1.807, 2.05) is 50.2 Å². The first-order valence-electron chi connectivity index (χ1n) is 10.8. The predicted molar refractivity (Wildman–Crippen MR) is 141 cm³/mol. The number of H-pyrrole nitrogens is 1. The molecule has 4 aromatic rings. The minimum Gasteiger partial charge on any atom is -0.493 e. The normalized spacial score (nSPS) is 11.2. The summed E-state index contributed by atoms with van der Waals surface area (Å²) in [5, 5.41) is 4.96. The van der Waals surface area contributed by atoms with E-state index in [0.717, 1.165) is 33.3 Å². The minimum atomic E-state index is -0.320. The van der Waals surface area contributed by atoms with Gasteiger partial charge in [0.15, 0.2) is 16.7 Å². The number of methoxy groups -OCH3 is 1. The number of thioether (sulfide) groups is 1. The number of carbonyl (C=O) groups is 1. The van der Waals surface area contributed by atoms with Gasteiger partial charge in [0.2, 0.25) is 0 Å². The lowest BCUT2D eigenvalue weighted by molar-refractivity contribution is -0.118. The van der Waals surface area contributed by atoms with Crippen LogP contribution in [0.2, 0.25) is 0 Å². The number of amides is 1. The average molecular weight is 509 g/mol. The van der Waals surface area contributed by atoms with Crippen molar-refractivity contribution in [1.82, 2.24) is 15.4 Å². The molecule has 8 nitrogen and oxygen atoms in total. The lowest BCUT2D eigenvalue weighted by Gasteiger charge is -2.09. The Morgan fingerprint density at radius 1 is 1.23 bits per heavy atom. The lowest BCUT2D eigenvalue weighted by atomic mass is 10.0. The summed E-state index contributed by atoms with van der Waals surface area (Å²) < 4.78 is 10.8. The Morgan fingerprint density at radius 3 is 2.77 bits per heavy atom. The van der Waals surface area contributed by atoms with E-state index in [4.69, 9.17) is 9.47 Å². The van der Waals surface area contributed by atoms with Crippen molar-refractivity contribution in [2.24, 2.45) is 5.10 Å². The van der Waals surface area contributed by atoms with E-state index in [1.54, 1.807) is 19.2 Å². The van der Waals surface area contributed by atoms with Crippen molar-refractivity contribution < 1.29 is 14.3 Å². The zero-order valence-corrected chi connectivity index (χ0v) is 21.1. The second-order valence-electron chi connectivity index (χ2n) is 7.38. The van der Waals surface area contributed by atoms with Gasteiger partial charge in [0.25, 0.3) is 11.5 Å². The van der Waals surface area contributed by atoms with Crippen LogP contribution in [0.4, 0.5) is 0 Å². The molecule has 10 heteroatoms. The Labute approximate surface area is 210 Å². The maximum Gasteiger partial charge on any atom is 0.260 e. The first kappa shape index (κ1) is 24.5. The van der Waals surface area contributed by atoms with Gasteiger partial charge in [-0.15, -0.1) is 11.3 Å². The van der Waals surface area contributed by atoms with Gasteiger partial charge in [-0.1, -0.05) is 42.1 Å². The first-order valence-corrected chi connectivity index (χ1v) is 12.6. The molecular weight excluding hydrogens is 484 g/mol. The van der Waals surface area contributed by atoms with Crippen molar-refractivity contribution in [2.75, 3.05) is 19.5 Å². The third-order valence-corrected chi connectivity index (χ3v) is 6.88. The van der Waals surface area contributed by atoms with Gasteiger partial charge in [-0.3, -0.25) is 9.59 Å². The molecule has 35 heavy (non-hydrogen) atoms. The quantitative estimate of drug-likeness (QED) is 0.148. The Kier molecular flexibility index (Phi) is 7.84. The zero-order chi connectivity index (χ0) is 24.8. The van der Waals surface area contributed by atoms with Crippen LogP contribution in [0.1, 0.15) is 17.4 Å². The second-order valence-corrected chi connectivity index (χ2v) is 9.54. The molecule has 1 amide bonds. The summed E-state index contributed by atoms with van der Waals surface area (Å²) in [7, 11) is 1.56. The Balaban J connectivity index is 1.41. The first-order chi connectivity index (χ1) is 17.0. The molecule has 0 unspecified atom stereocenters. The molecule has 2 aromatic carbocycles. The Bertz CT molecular complexity index is 1430. The molecule has 0 radical (unpaired) electrons. The third-order valence-electron chi connectivity index (χ3n) is 5.01. The Hall–Kier alpha value is -3.63. The van der Waals surface area contributed by atoms with E-state index >= 15 is 0 Å². The van der Waals surface area contributed by atoms with E-state index in [-0.39, 0.29) is 17.2 Å². The molecule has 0 saturated carbocycles. The fraction of sp³-hybridized carbons (Fsp3) is 0.200. The molecule has 0 aliphatic rings. The summed E-state index contributed by atoms with van der Waals surface area (Å²) in [4.78, 5) is 34.1. The number of aromatic amines is 1. The summed E-state index contributed by atoms with van der Waals surface area (Å²) in [5.41, 5.74) is 4.89.